The van der Waals surface area contributed by atoms with Crippen LogP contribution in [-0.4, -0.2) is 24.0 Å². The number of benzene rings is 1. The highest BCUT2D eigenvalue weighted by Crippen LogP contribution is 2.19. The van der Waals surface area contributed by atoms with E-state index < -0.39 is 0 Å². The lowest BCUT2D eigenvalue weighted by Crippen LogP contribution is -2.24. The molecule has 0 aliphatic rings. The lowest BCUT2D eigenvalue weighted by atomic mass is 10.0. The average Bonchev–Trinajstić information content (AvgIpc) is 2.36. The van der Waals surface area contributed by atoms with Gasteiger partial charge in [0.15, 0.2) is 0 Å². The van der Waals surface area contributed by atoms with Crippen LogP contribution in [0.5, 0.6) is 0 Å². The van der Waals surface area contributed by atoms with Gasteiger partial charge in [-0.1, -0.05) is 30.3 Å². The molecule has 3 nitrogen and oxygen atoms in total. The molecular weight excluding hydrogens is 232 g/mol. The van der Waals surface area contributed by atoms with Crippen molar-refractivity contribution in [2.75, 3.05) is 18.1 Å². The minimum Gasteiger partial charge on any atom is -0.356 e. The van der Waals surface area contributed by atoms with E-state index in [1.54, 1.807) is 0 Å². The molecule has 1 amide bonds. The predicted octanol–water partition coefficient (Wildman–Crippen LogP) is 2.16. The van der Waals surface area contributed by atoms with Gasteiger partial charge in [-0.15, -0.1) is 0 Å². The molecule has 1 atom stereocenters. The monoisotopic (exact) mass is 248 g/mol. The van der Waals surface area contributed by atoms with E-state index in [-0.39, 0.29) is 11.8 Å². The number of amides is 1. The topological polar surface area (TPSA) is 52.9 Å². The fourth-order valence-electron chi connectivity index (χ4n) is 1.41. The number of thioether (sulfide) groups is 1. The van der Waals surface area contributed by atoms with Crippen LogP contribution in [0.2, 0.25) is 0 Å². The van der Waals surface area contributed by atoms with Gasteiger partial charge in [0.1, 0.15) is 0 Å². The van der Waals surface area contributed by atoms with Gasteiger partial charge in [0.25, 0.3) is 0 Å². The number of hydrogen-bond acceptors (Lipinski definition) is 3. The molecule has 1 aromatic rings. The first-order chi connectivity index (χ1) is 8.27. The molecule has 0 spiro atoms. The predicted molar refractivity (Wildman–Crippen MR) is 70.8 cm³/mol. The molecule has 0 radical (unpaired) electrons. The summed E-state index contributed by atoms with van der Waals surface area (Å²) in [5.74, 6) is 0.953. The molecule has 4 heteroatoms. The van der Waals surface area contributed by atoms with E-state index in [1.807, 2.05) is 37.3 Å². The van der Waals surface area contributed by atoms with E-state index in [9.17, 15) is 4.79 Å². The maximum Gasteiger partial charge on any atom is 0.229 e. The van der Waals surface area contributed by atoms with Gasteiger partial charge in [-0.05, 0) is 12.5 Å². The molecule has 1 N–H and O–H groups in total. The Hall–Kier alpha value is -1.47. The van der Waals surface area contributed by atoms with Gasteiger partial charge in [0, 0.05) is 12.3 Å². The zero-order valence-electron chi connectivity index (χ0n) is 9.85. The number of rotatable bonds is 6. The van der Waals surface area contributed by atoms with Gasteiger partial charge >= 0.3 is 0 Å². The van der Waals surface area contributed by atoms with Crippen LogP contribution < -0.4 is 5.32 Å². The fourth-order valence-corrected chi connectivity index (χ4v) is 2.32. The number of nitriles is 1. The molecule has 0 heterocycles. The van der Waals surface area contributed by atoms with E-state index >= 15 is 0 Å². The second kappa shape index (κ2) is 7.75. The van der Waals surface area contributed by atoms with Gasteiger partial charge in [0.2, 0.25) is 5.91 Å². The molecule has 0 saturated heterocycles. The Kier molecular flexibility index (Phi) is 6.19. The molecule has 0 fully saturated rings. The summed E-state index contributed by atoms with van der Waals surface area (Å²) < 4.78 is 0. The highest BCUT2D eigenvalue weighted by molar-refractivity contribution is 7.99. The average molecular weight is 248 g/mol. The van der Waals surface area contributed by atoms with Gasteiger partial charge in [0.05, 0.1) is 17.7 Å². The molecule has 0 aliphatic heterocycles. The maximum absolute atomic E-state index is 11.2. The highest BCUT2D eigenvalue weighted by Gasteiger charge is 2.10. The third-order valence-corrected chi connectivity index (χ3v) is 3.28. The van der Waals surface area contributed by atoms with Crippen LogP contribution in [0.25, 0.3) is 0 Å². The van der Waals surface area contributed by atoms with Crippen LogP contribution in [0.15, 0.2) is 30.3 Å². The molecule has 0 bridgehead atoms. The summed E-state index contributed by atoms with van der Waals surface area (Å²) >= 11 is 1.49. The van der Waals surface area contributed by atoms with Crippen LogP contribution >= 0.6 is 11.8 Å². The van der Waals surface area contributed by atoms with E-state index in [0.717, 1.165) is 5.56 Å². The molecule has 90 valence electrons. The first-order valence-electron chi connectivity index (χ1n) is 5.57. The zero-order valence-corrected chi connectivity index (χ0v) is 10.7. The molecule has 0 aromatic heterocycles. The van der Waals surface area contributed by atoms with Crippen molar-refractivity contribution in [3.05, 3.63) is 35.9 Å². The van der Waals surface area contributed by atoms with Crippen LogP contribution in [0.1, 0.15) is 18.4 Å². The first-order valence-corrected chi connectivity index (χ1v) is 6.72. The standard InChI is InChI=1S/C13H16N2OS/c1-2-15-13(16)10-17-9-12(8-14)11-6-4-3-5-7-11/h3-7,12H,2,9-10H2,1H3,(H,15,16). The van der Waals surface area contributed by atoms with Crippen molar-refractivity contribution in [2.45, 2.75) is 12.8 Å². The molecule has 1 rings (SSSR count). The van der Waals surface area contributed by atoms with Crippen molar-refractivity contribution in [2.24, 2.45) is 0 Å². The summed E-state index contributed by atoms with van der Waals surface area (Å²) in [4.78, 5) is 11.2. The van der Waals surface area contributed by atoms with E-state index in [2.05, 4.69) is 11.4 Å². The van der Waals surface area contributed by atoms with E-state index in [4.69, 9.17) is 5.26 Å². The third kappa shape index (κ3) is 4.92. The normalized spacial score (nSPS) is 11.5. The highest BCUT2D eigenvalue weighted by atomic mass is 32.2. The number of nitrogens with one attached hydrogen (secondary N) is 1. The lowest BCUT2D eigenvalue weighted by molar-refractivity contribution is -0.118. The largest absolute Gasteiger partial charge is 0.356 e. The summed E-state index contributed by atoms with van der Waals surface area (Å²) in [6, 6.07) is 11.9. The zero-order chi connectivity index (χ0) is 12.5. The summed E-state index contributed by atoms with van der Waals surface area (Å²) in [7, 11) is 0. The summed E-state index contributed by atoms with van der Waals surface area (Å²) in [6.07, 6.45) is 0. The minimum atomic E-state index is -0.143. The molecule has 0 saturated carbocycles. The van der Waals surface area contributed by atoms with Crippen LogP contribution in [-0.2, 0) is 4.79 Å². The number of hydrogen-bond donors (Lipinski definition) is 1. The SMILES string of the molecule is CCNC(=O)CSCC(C#N)c1ccccc1. The smallest absolute Gasteiger partial charge is 0.229 e. The van der Waals surface area contributed by atoms with Gasteiger partial charge in [-0.25, -0.2) is 0 Å². The Morgan fingerprint density at radius 3 is 2.76 bits per heavy atom. The van der Waals surface area contributed by atoms with Crippen LogP contribution in [0, 0.1) is 11.3 Å². The quantitative estimate of drug-likeness (QED) is 0.839. The van der Waals surface area contributed by atoms with E-state index in [0.29, 0.717) is 18.1 Å². The summed E-state index contributed by atoms with van der Waals surface area (Å²) in [5, 5.41) is 11.8. The Balaban J connectivity index is 2.39. The molecule has 1 unspecified atom stereocenters. The second-order valence-corrected chi connectivity index (χ2v) is 4.59. The maximum atomic E-state index is 11.2. The van der Waals surface area contributed by atoms with Gasteiger partial charge in [-0.3, -0.25) is 4.79 Å². The van der Waals surface area contributed by atoms with Gasteiger partial charge in [-0.2, -0.15) is 17.0 Å². The summed E-state index contributed by atoms with van der Waals surface area (Å²) in [6.45, 7) is 2.55. The van der Waals surface area contributed by atoms with E-state index in [1.165, 1.54) is 11.8 Å². The van der Waals surface area contributed by atoms with Crippen LogP contribution in [0.4, 0.5) is 0 Å². The van der Waals surface area contributed by atoms with Crippen molar-refractivity contribution in [1.82, 2.24) is 5.32 Å². The Labute approximate surface area is 106 Å². The van der Waals surface area contributed by atoms with Crippen LogP contribution in [0.3, 0.4) is 0 Å². The van der Waals surface area contributed by atoms with Crippen molar-refractivity contribution < 1.29 is 4.79 Å². The first kappa shape index (κ1) is 13.6. The van der Waals surface area contributed by atoms with Crippen molar-refractivity contribution in [3.8, 4) is 6.07 Å². The second-order valence-electron chi connectivity index (χ2n) is 3.56. The Morgan fingerprint density at radius 1 is 1.47 bits per heavy atom. The van der Waals surface area contributed by atoms with Crippen molar-refractivity contribution >= 4 is 17.7 Å². The fraction of sp³-hybridized carbons (Fsp3) is 0.385. The Bertz CT molecular complexity index is 386. The minimum absolute atomic E-state index is 0.0299. The third-order valence-electron chi connectivity index (χ3n) is 2.25. The van der Waals surface area contributed by atoms with Crippen molar-refractivity contribution in [1.29, 1.82) is 5.26 Å². The number of nitrogens with zero attached hydrogens (tertiary/aromatic N) is 1. The molecular formula is C13H16N2OS. The molecule has 17 heavy (non-hydrogen) atoms. The lowest BCUT2D eigenvalue weighted by Gasteiger charge is -2.08. The molecule has 1 aromatic carbocycles. The van der Waals surface area contributed by atoms with Crippen molar-refractivity contribution in [3.63, 3.8) is 0 Å². The molecule has 0 aliphatic carbocycles. The number of carbonyl (C=O) groups is 1. The number of carbonyl (C=O) groups excluding carboxylic acids is 1. The summed E-state index contributed by atoms with van der Waals surface area (Å²) in [5.41, 5.74) is 1.01. The Morgan fingerprint density at radius 2 is 2.18 bits per heavy atom. The van der Waals surface area contributed by atoms with Gasteiger partial charge < -0.3 is 5.32 Å².